The third-order valence-corrected chi connectivity index (χ3v) is 6.41. The number of aryl methyl sites for hydroxylation is 1. The minimum atomic E-state index is -3.95. The van der Waals surface area contributed by atoms with Crippen LogP contribution in [0.2, 0.25) is 0 Å². The first kappa shape index (κ1) is 23.9. The van der Waals surface area contributed by atoms with E-state index in [-0.39, 0.29) is 0 Å². The first-order valence-electron chi connectivity index (χ1n) is 11.5. The molecule has 4 nitrogen and oxygen atoms in total. The Bertz CT molecular complexity index is 914. The molecule has 170 valence electrons. The van der Waals surface area contributed by atoms with Gasteiger partial charge in [0.25, 0.3) is 0 Å². The van der Waals surface area contributed by atoms with E-state index in [0.29, 0.717) is 17.2 Å². The van der Waals surface area contributed by atoms with Crippen molar-refractivity contribution in [3.05, 3.63) is 90.5 Å². The van der Waals surface area contributed by atoms with Gasteiger partial charge in [-0.3, -0.25) is 0 Å². The predicted molar refractivity (Wildman–Crippen MR) is 131 cm³/mol. The van der Waals surface area contributed by atoms with E-state index in [1.165, 1.54) is 38.5 Å². The summed E-state index contributed by atoms with van der Waals surface area (Å²) < 4.78 is 30.8. The zero-order chi connectivity index (χ0) is 22.5. The zero-order valence-electron chi connectivity index (χ0n) is 18.8. The summed E-state index contributed by atoms with van der Waals surface area (Å²) in [5, 5.41) is 0. The highest BCUT2D eigenvalue weighted by atomic mass is 31.2. The molecule has 0 saturated carbocycles. The van der Waals surface area contributed by atoms with Crippen LogP contribution in [0.1, 0.15) is 57.4 Å². The van der Waals surface area contributed by atoms with E-state index in [4.69, 9.17) is 13.6 Å². The molecule has 0 aliphatic rings. The summed E-state index contributed by atoms with van der Waals surface area (Å²) in [6.07, 6.45) is 9.85. The van der Waals surface area contributed by atoms with Crippen molar-refractivity contribution in [3.63, 3.8) is 0 Å². The van der Waals surface area contributed by atoms with Gasteiger partial charge in [-0.1, -0.05) is 94.0 Å². The summed E-state index contributed by atoms with van der Waals surface area (Å²) in [7, 11) is -3.95. The van der Waals surface area contributed by atoms with E-state index in [1.54, 1.807) is 30.3 Å². The maximum atomic E-state index is 13.6. The Balaban J connectivity index is 1.64. The van der Waals surface area contributed by atoms with Crippen LogP contribution >= 0.6 is 7.82 Å². The smallest absolute Gasteiger partial charge is 0.386 e. The minimum absolute atomic E-state index is 0.422. The molecule has 0 aliphatic carbocycles. The van der Waals surface area contributed by atoms with Gasteiger partial charge < -0.3 is 13.6 Å². The van der Waals surface area contributed by atoms with Crippen LogP contribution in [-0.4, -0.2) is 0 Å². The second kappa shape index (κ2) is 13.0. The molecule has 3 aromatic carbocycles. The highest BCUT2D eigenvalue weighted by Crippen LogP contribution is 2.49. The van der Waals surface area contributed by atoms with Crippen molar-refractivity contribution >= 4 is 7.82 Å². The van der Waals surface area contributed by atoms with Crippen molar-refractivity contribution < 1.29 is 18.1 Å². The maximum Gasteiger partial charge on any atom is 0.647 e. The van der Waals surface area contributed by atoms with E-state index in [1.807, 2.05) is 48.5 Å². The maximum absolute atomic E-state index is 13.6. The van der Waals surface area contributed by atoms with Crippen LogP contribution in [0, 0.1) is 0 Å². The lowest BCUT2D eigenvalue weighted by atomic mass is 10.0. The fraction of sp³-hybridized carbons (Fsp3) is 0.333. The number of unbranched alkanes of at least 4 members (excludes halogenated alkanes) is 6. The third-order valence-electron chi connectivity index (χ3n) is 5.11. The molecule has 0 amide bonds. The molecule has 0 heterocycles. The highest BCUT2D eigenvalue weighted by molar-refractivity contribution is 7.49. The Morgan fingerprint density at radius 2 is 1.09 bits per heavy atom. The molecule has 0 unspecified atom stereocenters. The summed E-state index contributed by atoms with van der Waals surface area (Å²) in [6, 6.07) is 25.6. The molecule has 0 atom stereocenters. The van der Waals surface area contributed by atoms with Gasteiger partial charge in [-0.2, -0.15) is 4.57 Å². The average Bonchev–Trinajstić information content (AvgIpc) is 2.80. The monoisotopic (exact) mass is 452 g/mol. The Morgan fingerprint density at radius 3 is 1.69 bits per heavy atom. The molecule has 0 aliphatic heterocycles. The summed E-state index contributed by atoms with van der Waals surface area (Å²) >= 11 is 0. The van der Waals surface area contributed by atoms with Gasteiger partial charge in [-0.25, -0.2) is 0 Å². The molecule has 0 radical (unpaired) electrons. The summed E-state index contributed by atoms with van der Waals surface area (Å²) in [6.45, 7) is 2.24. The van der Waals surface area contributed by atoms with E-state index in [2.05, 4.69) is 13.0 Å². The molecule has 3 aromatic rings. The van der Waals surface area contributed by atoms with E-state index >= 15 is 0 Å². The molecular formula is C27H33O4P. The minimum Gasteiger partial charge on any atom is -0.386 e. The number of hydrogen-bond acceptors (Lipinski definition) is 4. The lowest BCUT2D eigenvalue weighted by Gasteiger charge is -2.19. The Kier molecular flexibility index (Phi) is 9.71. The van der Waals surface area contributed by atoms with Crippen molar-refractivity contribution in [2.24, 2.45) is 0 Å². The molecule has 3 rings (SSSR count). The third kappa shape index (κ3) is 8.43. The zero-order valence-corrected chi connectivity index (χ0v) is 19.7. The van der Waals surface area contributed by atoms with Crippen molar-refractivity contribution in [1.82, 2.24) is 0 Å². The molecule has 0 spiro atoms. The number of benzene rings is 3. The fourth-order valence-corrected chi connectivity index (χ4v) is 4.69. The van der Waals surface area contributed by atoms with Crippen LogP contribution in [-0.2, 0) is 11.0 Å². The summed E-state index contributed by atoms with van der Waals surface area (Å²) in [5.41, 5.74) is 1.15. The first-order chi connectivity index (χ1) is 15.7. The van der Waals surface area contributed by atoms with Gasteiger partial charge >= 0.3 is 7.82 Å². The molecule has 32 heavy (non-hydrogen) atoms. The lowest BCUT2D eigenvalue weighted by molar-refractivity contribution is 0.298. The van der Waals surface area contributed by atoms with Crippen LogP contribution in [0.3, 0.4) is 0 Å². The quantitative estimate of drug-likeness (QED) is 0.181. The summed E-state index contributed by atoms with van der Waals surface area (Å²) in [5.74, 6) is 1.32. The van der Waals surface area contributed by atoms with Crippen LogP contribution in [0.5, 0.6) is 17.2 Å². The van der Waals surface area contributed by atoms with E-state index in [9.17, 15) is 4.57 Å². The Labute approximate surface area is 192 Å². The standard InChI is InChI=1S/C27H33O4P/c1-2-3-4-5-6-7-10-16-24-17-15-22-27(23-24)31-32(28,29-25-18-11-8-12-19-25)30-26-20-13-9-14-21-26/h8-9,11-15,17-23H,2-7,10,16H2,1H3. The molecule has 0 N–H and O–H groups in total. The Hall–Kier alpha value is -2.71. The van der Waals surface area contributed by atoms with E-state index in [0.717, 1.165) is 18.4 Å². The predicted octanol–water partition coefficient (Wildman–Crippen LogP) is 8.62. The fourth-order valence-electron chi connectivity index (χ4n) is 3.45. The largest absolute Gasteiger partial charge is 0.647 e. The van der Waals surface area contributed by atoms with Gasteiger partial charge in [-0.15, -0.1) is 0 Å². The van der Waals surface area contributed by atoms with Gasteiger partial charge in [0.05, 0.1) is 0 Å². The highest BCUT2D eigenvalue weighted by Gasteiger charge is 2.33. The molecular weight excluding hydrogens is 419 g/mol. The van der Waals surface area contributed by atoms with Crippen molar-refractivity contribution in [1.29, 1.82) is 0 Å². The molecule has 0 bridgehead atoms. The van der Waals surface area contributed by atoms with Crippen molar-refractivity contribution in [2.45, 2.75) is 58.3 Å². The molecule has 0 fully saturated rings. The van der Waals surface area contributed by atoms with Gasteiger partial charge in [0.15, 0.2) is 0 Å². The lowest BCUT2D eigenvalue weighted by Crippen LogP contribution is -2.07. The Morgan fingerprint density at radius 1 is 0.594 bits per heavy atom. The van der Waals surface area contributed by atoms with Crippen LogP contribution < -0.4 is 13.6 Å². The van der Waals surface area contributed by atoms with E-state index < -0.39 is 7.82 Å². The molecule has 0 saturated heterocycles. The molecule has 0 aromatic heterocycles. The summed E-state index contributed by atoms with van der Waals surface area (Å²) in [4.78, 5) is 0. The normalized spacial score (nSPS) is 11.2. The van der Waals surface area contributed by atoms with Gasteiger partial charge in [0.2, 0.25) is 0 Å². The van der Waals surface area contributed by atoms with Crippen LogP contribution in [0.25, 0.3) is 0 Å². The average molecular weight is 453 g/mol. The number of hydrogen-bond donors (Lipinski definition) is 0. The van der Waals surface area contributed by atoms with Gasteiger partial charge in [0.1, 0.15) is 17.2 Å². The van der Waals surface area contributed by atoms with Gasteiger partial charge in [0, 0.05) is 0 Å². The van der Waals surface area contributed by atoms with Crippen molar-refractivity contribution in [2.75, 3.05) is 0 Å². The van der Waals surface area contributed by atoms with Crippen LogP contribution in [0.4, 0.5) is 0 Å². The number of phosphoric ester groups is 1. The second-order valence-corrected chi connectivity index (χ2v) is 9.31. The first-order valence-corrected chi connectivity index (χ1v) is 13.0. The number of phosphoric acid groups is 1. The van der Waals surface area contributed by atoms with Crippen LogP contribution in [0.15, 0.2) is 84.9 Å². The van der Waals surface area contributed by atoms with Gasteiger partial charge in [-0.05, 0) is 54.8 Å². The van der Waals surface area contributed by atoms with Crippen molar-refractivity contribution in [3.8, 4) is 17.2 Å². The number of rotatable bonds is 14. The second-order valence-electron chi connectivity index (χ2n) is 7.87. The number of para-hydroxylation sites is 2. The SMILES string of the molecule is CCCCCCCCCc1cccc(OP(=O)(Oc2ccccc2)Oc2ccccc2)c1. The molecule has 5 heteroatoms. The topological polar surface area (TPSA) is 44.8 Å².